The van der Waals surface area contributed by atoms with Gasteiger partial charge in [0, 0.05) is 0 Å². The fourth-order valence-electron chi connectivity index (χ4n) is 1.37. The number of aryl methyl sites for hydroxylation is 1. The Morgan fingerprint density at radius 2 is 2.00 bits per heavy atom. The molecule has 1 aromatic heterocycles. The molecule has 1 rings (SSSR count). The molecule has 9 heteroatoms. The second kappa shape index (κ2) is 5.49. The first kappa shape index (κ1) is 15.3. The molecule has 1 heterocycles. The van der Waals surface area contributed by atoms with Crippen molar-refractivity contribution in [1.29, 1.82) is 0 Å². The van der Waals surface area contributed by atoms with E-state index in [2.05, 4.69) is 10.3 Å². The lowest BCUT2D eigenvalue weighted by molar-refractivity contribution is 0.132. The molecule has 0 aromatic carbocycles. The molecular weight excluding hydrogens is 278 g/mol. The van der Waals surface area contributed by atoms with Crippen LogP contribution in [0.3, 0.4) is 0 Å². The third-order valence-corrected chi connectivity index (χ3v) is 5.29. The van der Waals surface area contributed by atoms with Crippen LogP contribution in [0.4, 0.5) is 5.13 Å². The summed E-state index contributed by atoms with van der Waals surface area (Å²) in [6.45, 7) is 2.75. The standard InChI is InChI=1S/C9H17N3O4S2/c1-3-9(4-13,5-14)12-8-11-6(2)7(17-8)18(10,15)16/h13-14H,3-5H2,1-2H3,(H,11,12)(H2,10,15,16). The van der Waals surface area contributed by atoms with Gasteiger partial charge in [0.25, 0.3) is 0 Å². The van der Waals surface area contributed by atoms with Crippen LogP contribution < -0.4 is 10.5 Å². The largest absolute Gasteiger partial charge is 0.394 e. The van der Waals surface area contributed by atoms with Crippen molar-refractivity contribution in [2.45, 2.75) is 30.0 Å². The molecule has 18 heavy (non-hydrogen) atoms. The molecule has 0 amide bonds. The number of aliphatic hydroxyl groups excluding tert-OH is 2. The van der Waals surface area contributed by atoms with E-state index >= 15 is 0 Å². The average molecular weight is 295 g/mol. The van der Waals surface area contributed by atoms with Crippen LogP contribution in [0.1, 0.15) is 19.0 Å². The Bertz CT molecular complexity index is 500. The maximum absolute atomic E-state index is 11.3. The van der Waals surface area contributed by atoms with E-state index in [0.29, 0.717) is 17.2 Å². The third-order valence-electron chi connectivity index (χ3n) is 2.67. The number of sulfonamides is 1. The molecule has 0 fully saturated rings. The Hall–Kier alpha value is -0.740. The van der Waals surface area contributed by atoms with E-state index in [1.54, 1.807) is 6.92 Å². The minimum absolute atomic E-state index is 0.0223. The van der Waals surface area contributed by atoms with Crippen molar-refractivity contribution in [3.05, 3.63) is 5.69 Å². The predicted octanol–water partition coefficient (Wildman–Crippen LogP) is -0.356. The molecule has 0 radical (unpaired) electrons. The summed E-state index contributed by atoms with van der Waals surface area (Å²) < 4.78 is 22.5. The van der Waals surface area contributed by atoms with Gasteiger partial charge in [-0.2, -0.15) is 0 Å². The fourth-order valence-corrected chi connectivity index (χ4v) is 3.35. The molecular formula is C9H17N3O4S2. The van der Waals surface area contributed by atoms with E-state index in [4.69, 9.17) is 5.14 Å². The molecule has 0 bridgehead atoms. The van der Waals surface area contributed by atoms with Gasteiger partial charge in [-0.3, -0.25) is 0 Å². The molecule has 5 N–H and O–H groups in total. The van der Waals surface area contributed by atoms with Crippen molar-refractivity contribution in [3.63, 3.8) is 0 Å². The van der Waals surface area contributed by atoms with Gasteiger partial charge in [0.1, 0.15) is 0 Å². The second-order valence-electron chi connectivity index (χ2n) is 4.01. The van der Waals surface area contributed by atoms with Gasteiger partial charge in [0.15, 0.2) is 9.34 Å². The number of aromatic nitrogens is 1. The summed E-state index contributed by atoms with van der Waals surface area (Å²) in [7, 11) is -3.80. The van der Waals surface area contributed by atoms with Gasteiger partial charge < -0.3 is 15.5 Å². The van der Waals surface area contributed by atoms with Gasteiger partial charge in [0.2, 0.25) is 10.0 Å². The lowest BCUT2D eigenvalue weighted by Crippen LogP contribution is -2.45. The Kier molecular flexibility index (Phi) is 4.67. The highest BCUT2D eigenvalue weighted by Gasteiger charge is 2.28. The van der Waals surface area contributed by atoms with Gasteiger partial charge in [-0.15, -0.1) is 0 Å². The smallest absolute Gasteiger partial charge is 0.249 e. The van der Waals surface area contributed by atoms with Crippen molar-refractivity contribution < 1.29 is 18.6 Å². The molecule has 0 saturated carbocycles. The number of nitrogens with one attached hydrogen (secondary N) is 1. The molecule has 7 nitrogen and oxygen atoms in total. The number of hydrogen-bond donors (Lipinski definition) is 4. The Balaban J connectivity index is 3.07. The molecule has 0 aliphatic carbocycles. The Morgan fingerprint density at radius 1 is 1.44 bits per heavy atom. The van der Waals surface area contributed by atoms with Gasteiger partial charge in [-0.05, 0) is 13.3 Å². The van der Waals surface area contributed by atoms with Crippen molar-refractivity contribution in [3.8, 4) is 0 Å². The summed E-state index contributed by atoms with van der Waals surface area (Å²) in [6.07, 6.45) is 0.462. The van der Waals surface area contributed by atoms with E-state index in [1.807, 2.05) is 0 Å². The molecule has 0 spiro atoms. The maximum atomic E-state index is 11.3. The number of anilines is 1. The highest BCUT2D eigenvalue weighted by molar-refractivity contribution is 7.91. The molecule has 0 atom stereocenters. The van der Waals surface area contributed by atoms with Crippen molar-refractivity contribution in [1.82, 2.24) is 4.98 Å². The van der Waals surface area contributed by atoms with Crippen LogP contribution in [-0.4, -0.2) is 42.4 Å². The van der Waals surface area contributed by atoms with Crippen molar-refractivity contribution in [2.24, 2.45) is 5.14 Å². The van der Waals surface area contributed by atoms with Gasteiger partial charge >= 0.3 is 0 Å². The molecule has 0 aliphatic heterocycles. The van der Waals surface area contributed by atoms with E-state index in [9.17, 15) is 18.6 Å². The second-order valence-corrected chi connectivity index (χ2v) is 6.77. The van der Waals surface area contributed by atoms with Gasteiger partial charge in [-0.25, -0.2) is 18.5 Å². The monoisotopic (exact) mass is 295 g/mol. The summed E-state index contributed by atoms with van der Waals surface area (Å²) in [5.74, 6) is 0. The highest BCUT2D eigenvalue weighted by Crippen LogP contribution is 2.28. The average Bonchev–Trinajstić information content (AvgIpc) is 2.67. The minimum atomic E-state index is -3.80. The summed E-state index contributed by atoms with van der Waals surface area (Å²) in [5.41, 5.74) is -0.620. The molecule has 104 valence electrons. The molecule has 0 saturated heterocycles. The maximum Gasteiger partial charge on any atom is 0.249 e. The highest BCUT2D eigenvalue weighted by atomic mass is 32.2. The van der Waals surface area contributed by atoms with Crippen LogP contribution in [-0.2, 0) is 10.0 Å². The van der Waals surface area contributed by atoms with Crippen LogP contribution >= 0.6 is 11.3 Å². The summed E-state index contributed by atoms with van der Waals surface area (Å²) in [5, 5.41) is 26.8. The van der Waals surface area contributed by atoms with Gasteiger partial charge in [-0.1, -0.05) is 18.3 Å². The van der Waals surface area contributed by atoms with Crippen molar-refractivity contribution in [2.75, 3.05) is 18.5 Å². The summed E-state index contributed by atoms with van der Waals surface area (Å²) in [6, 6.07) is 0. The van der Waals surface area contributed by atoms with Crippen molar-refractivity contribution >= 4 is 26.5 Å². The quantitative estimate of drug-likeness (QED) is 0.568. The predicted molar refractivity (Wildman–Crippen MR) is 69.0 cm³/mol. The van der Waals surface area contributed by atoms with E-state index in [0.717, 1.165) is 11.3 Å². The number of nitrogens with two attached hydrogens (primary N) is 1. The number of rotatable bonds is 6. The third kappa shape index (κ3) is 3.18. The Morgan fingerprint density at radius 3 is 2.33 bits per heavy atom. The fraction of sp³-hybridized carbons (Fsp3) is 0.667. The van der Waals surface area contributed by atoms with Gasteiger partial charge in [0.05, 0.1) is 24.4 Å². The van der Waals surface area contributed by atoms with Crippen LogP contribution in [0.15, 0.2) is 4.21 Å². The number of primary sulfonamides is 1. The molecule has 0 unspecified atom stereocenters. The van der Waals surface area contributed by atoms with Crippen LogP contribution in [0.2, 0.25) is 0 Å². The number of nitrogens with zero attached hydrogens (tertiary/aromatic N) is 1. The SMILES string of the molecule is CCC(CO)(CO)Nc1nc(C)c(S(N)(=O)=O)s1. The van der Waals surface area contributed by atoms with E-state index in [-0.39, 0.29) is 17.4 Å². The number of hydrogen-bond acceptors (Lipinski definition) is 7. The Labute approximate surface area is 110 Å². The topological polar surface area (TPSA) is 126 Å². The lowest BCUT2D eigenvalue weighted by atomic mass is 9.99. The van der Waals surface area contributed by atoms with Crippen LogP contribution in [0, 0.1) is 6.92 Å². The first-order valence-corrected chi connectivity index (χ1v) is 7.64. The minimum Gasteiger partial charge on any atom is -0.394 e. The summed E-state index contributed by atoms with van der Waals surface area (Å²) in [4.78, 5) is 4.03. The zero-order valence-corrected chi connectivity index (χ0v) is 11.8. The van der Waals surface area contributed by atoms with Crippen LogP contribution in [0.25, 0.3) is 0 Å². The normalized spacial score (nSPS) is 12.7. The summed E-state index contributed by atoms with van der Waals surface area (Å²) >= 11 is 0.882. The number of thiazole rings is 1. The first-order chi connectivity index (χ1) is 8.28. The molecule has 1 aromatic rings. The first-order valence-electron chi connectivity index (χ1n) is 5.28. The van der Waals surface area contributed by atoms with E-state index in [1.165, 1.54) is 6.92 Å². The zero-order valence-electron chi connectivity index (χ0n) is 10.2. The zero-order chi connectivity index (χ0) is 14.0. The van der Waals surface area contributed by atoms with E-state index < -0.39 is 15.6 Å². The number of aliphatic hydroxyl groups is 2. The van der Waals surface area contributed by atoms with Crippen LogP contribution in [0.5, 0.6) is 0 Å². The molecule has 0 aliphatic rings. The lowest BCUT2D eigenvalue weighted by Gasteiger charge is -2.29.